The molecule has 0 N–H and O–H groups in total. The number of halogens is 3. The van der Waals surface area contributed by atoms with Crippen LogP contribution in [0.4, 0.5) is 13.2 Å². The Morgan fingerprint density at radius 3 is 2.54 bits per heavy atom. The fraction of sp³-hybridized carbons (Fsp3) is 0.222. The van der Waals surface area contributed by atoms with E-state index in [-0.39, 0.29) is 6.54 Å². The molecule has 0 radical (unpaired) electrons. The van der Waals surface area contributed by atoms with Crippen molar-refractivity contribution in [3.63, 3.8) is 0 Å². The third-order valence-electron chi connectivity index (χ3n) is 4.01. The van der Waals surface area contributed by atoms with Gasteiger partial charge in [0.25, 0.3) is 0 Å². The molecule has 0 aliphatic carbocycles. The molecule has 124 valence electrons. The summed E-state index contributed by atoms with van der Waals surface area (Å²) in [5, 5.41) is 0. The first-order chi connectivity index (χ1) is 11.3. The van der Waals surface area contributed by atoms with Gasteiger partial charge in [-0.3, -0.25) is 4.99 Å². The molecule has 2 aromatic rings. The van der Waals surface area contributed by atoms with E-state index in [4.69, 9.17) is 0 Å². The molecular formula is C18H14F3NO2. The normalized spacial score (nSPS) is 13.0. The largest absolute Gasteiger partial charge is 0.465 e. The van der Waals surface area contributed by atoms with E-state index in [2.05, 4.69) is 9.73 Å². The van der Waals surface area contributed by atoms with Crippen LogP contribution in [-0.2, 0) is 17.5 Å². The zero-order valence-corrected chi connectivity index (χ0v) is 13.1. The van der Waals surface area contributed by atoms with Crippen molar-refractivity contribution >= 4 is 12.2 Å². The van der Waals surface area contributed by atoms with Crippen molar-refractivity contribution in [3.05, 3.63) is 58.1 Å². The molecule has 2 aromatic carbocycles. The molecule has 3 nitrogen and oxygen atoms in total. The Kier molecular flexibility index (Phi) is 3.91. The second-order valence-corrected chi connectivity index (χ2v) is 5.59. The summed E-state index contributed by atoms with van der Waals surface area (Å²) in [6.45, 7) is 1.99. The summed E-state index contributed by atoms with van der Waals surface area (Å²) in [6, 6.07) is 7.08. The van der Waals surface area contributed by atoms with Gasteiger partial charge in [-0.05, 0) is 53.4 Å². The van der Waals surface area contributed by atoms with Gasteiger partial charge < -0.3 is 4.74 Å². The van der Waals surface area contributed by atoms with E-state index in [1.165, 1.54) is 7.11 Å². The fourth-order valence-corrected chi connectivity index (χ4v) is 2.83. The van der Waals surface area contributed by atoms with Gasteiger partial charge in [0.05, 0.1) is 24.8 Å². The molecule has 0 atom stereocenters. The van der Waals surface area contributed by atoms with Crippen molar-refractivity contribution < 1.29 is 22.7 Å². The van der Waals surface area contributed by atoms with Crippen molar-refractivity contribution in [2.24, 2.45) is 4.99 Å². The molecule has 0 aromatic heterocycles. The second-order valence-electron chi connectivity index (χ2n) is 5.59. The van der Waals surface area contributed by atoms with Crippen molar-refractivity contribution in [2.45, 2.75) is 19.6 Å². The summed E-state index contributed by atoms with van der Waals surface area (Å²) in [6.07, 6.45) is -2.83. The van der Waals surface area contributed by atoms with E-state index in [9.17, 15) is 18.0 Å². The summed E-state index contributed by atoms with van der Waals surface area (Å²) in [5.74, 6) is -0.486. The smallest absolute Gasteiger partial charge is 0.416 e. The van der Waals surface area contributed by atoms with Crippen LogP contribution in [0.15, 0.2) is 35.3 Å². The van der Waals surface area contributed by atoms with Crippen molar-refractivity contribution in [3.8, 4) is 11.1 Å². The van der Waals surface area contributed by atoms with Gasteiger partial charge in [0, 0.05) is 11.8 Å². The van der Waals surface area contributed by atoms with Gasteiger partial charge >= 0.3 is 12.1 Å². The Morgan fingerprint density at radius 1 is 1.17 bits per heavy atom. The summed E-state index contributed by atoms with van der Waals surface area (Å²) in [4.78, 5) is 15.7. The number of ether oxygens (including phenoxy) is 1. The van der Waals surface area contributed by atoms with Crippen molar-refractivity contribution in [1.82, 2.24) is 0 Å². The van der Waals surface area contributed by atoms with Crippen LogP contribution < -0.4 is 0 Å². The van der Waals surface area contributed by atoms with E-state index in [0.29, 0.717) is 33.4 Å². The number of carbonyl (C=O) groups is 1. The maximum atomic E-state index is 13.2. The zero-order chi connectivity index (χ0) is 17.5. The summed E-state index contributed by atoms with van der Waals surface area (Å²) >= 11 is 0. The van der Waals surface area contributed by atoms with Crippen LogP contribution in [0.2, 0.25) is 0 Å². The molecule has 3 rings (SSSR count). The highest BCUT2D eigenvalue weighted by Crippen LogP contribution is 2.38. The molecule has 0 saturated heterocycles. The minimum absolute atomic E-state index is 0.242. The van der Waals surface area contributed by atoms with Crippen LogP contribution in [0, 0.1) is 6.92 Å². The molecule has 24 heavy (non-hydrogen) atoms. The van der Waals surface area contributed by atoms with E-state index in [0.717, 1.165) is 12.1 Å². The fourth-order valence-electron chi connectivity index (χ4n) is 2.83. The van der Waals surface area contributed by atoms with Gasteiger partial charge in [-0.25, -0.2) is 4.79 Å². The number of carbonyl (C=O) groups excluding carboxylic acids is 1. The average Bonchev–Trinajstić information content (AvgIpc) is 3.01. The van der Waals surface area contributed by atoms with E-state index >= 15 is 0 Å². The lowest BCUT2D eigenvalue weighted by molar-refractivity contribution is -0.137. The molecule has 0 bridgehead atoms. The first-order valence-electron chi connectivity index (χ1n) is 7.24. The number of nitrogens with zero attached hydrogens (tertiary/aromatic N) is 1. The number of hydrogen-bond donors (Lipinski definition) is 0. The minimum Gasteiger partial charge on any atom is -0.465 e. The van der Waals surface area contributed by atoms with Gasteiger partial charge in [0.15, 0.2) is 0 Å². The lowest BCUT2D eigenvalue weighted by atomic mass is 9.91. The van der Waals surface area contributed by atoms with Crippen LogP contribution in [0.1, 0.15) is 32.6 Å². The quantitative estimate of drug-likeness (QED) is 0.764. The Labute approximate surface area is 136 Å². The predicted octanol–water partition coefficient (Wildman–Crippen LogP) is 4.40. The van der Waals surface area contributed by atoms with Crippen molar-refractivity contribution in [2.75, 3.05) is 7.11 Å². The average molecular weight is 333 g/mol. The number of fused-ring (bicyclic) bond motifs is 1. The molecule has 0 unspecified atom stereocenters. The van der Waals surface area contributed by atoms with Crippen LogP contribution in [0.5, 0.6) is 0 Å². The summed E-state index contributed by atoms with van der Waals surface area (Å²) in [5.41, 5.74) is 2.70. The SMILES string of the molecule is COC(=O)c1ccc(-c2cc(C(F)(F)F)cc3c2C=NC3)c(C)c1. The minimum atomic E-state index is -4.42. The van der Waals surface area contributed by atoms with E-state index < -0.39 is 17.7 Å². The molecule has 1 aliphatic rings. The monoisotopic (exact) mass is 333 g/mol. The molecule has 0 spiro atoms. The molecule has 1 heterocycles. The second kappa shape index (κ2) is 5.78. The van der Waals surface area contributed by atoms with Gasteiger partial charge in [-0.15, -0.1) is 0 Å². The topological polar surface area (TPSA) is 38.7 Å². The van der Waals surface area contributed by atoms with Crippen LogP contribution in [-0.4, -0.2) is 19.3 Å². The molecule has 0 fully saturated rings. The Hall–Kier alpha value is -2.63. The third kappa shape index (κ3) is 2.79. The number of benzene rings is 2. The highest BCUT2D eigenvalue weighted by atomic mass is 19.4. The Morgan fingerprint density at radius 2 is 1.92 bits per heavy atom. The predicted molar refractivity (Wildman–Crippen MR) is 84.3 cm³/mol. The standard InChI is InChI=1S/C18H14F3NO2/c1-10-5-11(17(23)24-2)3-4-14(10)15-7-13(18(19,20)21)6-12-8-22-9-16(12)15/h3-7,9H,8H2,1-2H3. The molecule has 1 aliphatic heterocycles. The van der Waals surface area contributed by atoms with Crippen LogP contribution in [0.25, 0.3) is 11.1 Å². The molecule has 0 saturated carbocycles. The summed E-state index contributed by atoms with van der Waals surface area (Å²) in [7, 11) is 1.28. The zero-order valence-electron chi connectivity index (χ0n) is 13.1. The van der Waals surface area contributed by atoms with E-state index in [1.807, 2.05) is 0 Å². The number of aryl methyl sites for hydroxylation is 1. The number of methoxy groups -OCH3 is 1. The Bertz CT molecular complexity index is 854. The first-order valence-corrected chi connectivity index (χ1v) is 7.24. The number of esters is 1. The number of alkyl halides is 3. The summed E-state index contributed by atoms with van der Waals surface area (Å²) < 4.78 is 44.2. The first kappa shape index (κ1) is 16.2. The van der Waals surface area contributed by atoms with Gasteiger partial charge in [0.1, 0.15) is 0 Å². The maximum absolute atomic E-state index is 13.2. The highest BCUT2D eigenvalue weighted by Gasteiger charge is 2.32. The molecule has 0 amide bonds. The van der Waals surface area contributed by atoms with Crippen LogP contribution >= 0.6 is 0 Å². The third-order valence-corrected chi connectivity index (χ3v) is 4.01. The maximum Gasteiger partial charge on any atom is 0.416 e. The molecule has 6 heteroatoms. The molecular weight excluding hydrogens is 319 g/mol. The lowest BCUT2D eigenvalue weighted by Crippen LogP contribution is -2.07. The Balaban J connectivity index is 2.17. The van der Waals surface area contributed by atoms with Crippen molar-refractivity contribution in [1.29, 1.82) is 0 Å². The van der Waals surface area contributed by atoms with E-state index in [1.54, 1.807) is 31.3 Å². The number of rotatable bonds is 2. The van der Waals surface area contributed by atoms with Gasteiger partial charge in [-0.1, -0.05) is 6.07 Å². The lowest BCUT2D eigenvalue weighted by Gasteiger charge is -2.15. The highest BCUT2D eigenvalue weighted by molar-refractivity contribution is 5.96. The van der Waals surface area contributed by atoms with Gasteiger partial charge in [0.2, 0.25) is 0 Å². The number of aliphatic imine (C=N–C) groups is 1. The van der Waals surface area contributed by atoms with Crippen LogP contribution in [0.3, 0.4) is 0 Å². The number of hydrogen-bond acceptors (Lipinski definition) is 3. The van der Waals surface area contributed by atoms with Gasteiger partial charge in [-0.2, -0.15) is 13.2 Å².